The van der Waals surface area contributed by atoms with Crippen molar-refractivity contribution in [3.8, 4) is 0 Å². The predicted molar refractivity (Wildman–Crippen MR) is 76.6 cm³/mol. The summed E-state index contributed by atoms with van der Waals surface area (Å²) in [5, 5.41) is 7.31. The van der Waals surface area contributed by atoms with Gasteiger partial charge >= 0.3 is 0 Å². The van der Waals surface area contributed by atoms with Gasteiger partial charge in [0.25, 0.3) is 0 Å². The largest absolute Gasteiger partial charge is 0.384 e. The number of hydrogen-bond donors (Lipinski definition) is 1. The summed E-state index contributed by atoms with van der Waals surface area (Å²) >= 11 is 0. The lowest BCUT2D eigenvalue weighted by molar-refractivity contribution is -0.129. The maximum absolute atomic E-state index is 12.1. The highest BCUT2D eigenvalue weighted by Crippen LogP contribution is 2.43. The molecular weight excluding hydrogens is 270 g/mol. The summed E-state index contributed by atoms with van der Waals surface area (Å²) in [6.07, 6.45) is 6.33. The van der Waals surface area contributed by atoms with Crippen molar-refractivity contribution in [2.24, 2.45) is 11.8 Å². The second kappa shape index (κ2) is 6.58. The molecule has 21 heavy (non-hydrogen) atoms. The molecule has 0 radical (unpaired) electrons. The van der Waals surface area contributed by atoms with Gasteiger partial charge in [-0.2, -0.15) is 5.10 Å². The average molecular weight is 293 g/mol. The molecule has 0 spiro atoms. The molecule has 0 bridgehead atoms. The molecule has 3 rings (SSSR count). The molecule has 1 aromatic rings. The summed E-state index contributed by atoms with van der Waals surface area (Å²) in [4.78, 5) is 12.1. The van der Waals surface area contributed by atoms with Crippen LogP contribution in [0.2, 0.25) is 0 Å². The summed E-state index contributed by atoms with van der Waals surface area (Å²) < 4.78 is 12.8. The van der Waals surface area contributed by atoms with Crippen molar-refractivity contribution in [1.82, 2.24) is 15.1 Å². The fourth-order valence-corrected chi connectivity index (χ4v) is 3.53. The number of nitrogens with zero attached hydrogens (tertiary/aromatic N) is 2. The van der Waals surface area contributed by atoms with Gasteiger partial charge in [-0.3, -0.25) is 9.48 Å². The van der Waals surface area contributed by atoms with Crippen LogP contribution < -0.4 is 5.32 Å². The number of fused-ring (bicyclic) bond motifs is 1. The van der Waals surface area contributed by atoms with Gasteiger partial charge in [0.15, 0.2) is 0 Å². The van der Waals surface area contributed by atoms with E-state index in [0.29, 0.717) is 24.9 Å². The zero-order valence-electron chi connectivity index (χ0n) is 12.4. The lowest BCUT2D eigenvalue weighted by atomic mass is 9.67. The molecule has 2 heterocycles. The molecule has 4 atom stereocenters. The summed E-state index contributed by atoms with van der Waals surface area (Å²) in [7, 11) is 1.70. The SMILES string of the molecule is COC[C@H]1[C@@H](NC(=O)CCCn2cccn2)[C@H]2CCO[C@H]21. The van der Waals surface area contributed by atoms with Crippen LogP contribution in [0.1, 0.15) is 19.3 Å². The minimum absolute atomic E-state index is 0.124. The Kier molecular flexibility index (Phi) is 4.55. The molecule has 1 N–H and O–H groups in total. The van der Waals surface area contributed by atoms with E-state index in [1.807, 2.05) is 16.9 Å². The van der Waals surface area contributed by atoms with Gasteiger partial charge in [0.05, 0.1) is 12.7 Å². The van der Waals surface area contributed by atoms with Crippen LogP contribution in [0, 0.1) is 11.8 Å². The maximum Gasteiger partial charge on any atom is 0.220 e. The van der Waals surface area contributed by atoms with Crippen LogP contribution >= 0.6 is 0 Å². The van der Waals surface area contributed by atoms with Crippen molar-refractivity contribution >= 4 is 5.91 Å². The fourth-order valence-electron chi connectivity index (χ4n) is 3.53. The first-order valence-corrected chi connectivity index (χ1v) is 7.67. The number of hydrogen-bond acceptors (Lipinski definition) is 4. The second-order valence-corrected chi connectivity index (χ2v) is 5.87. The third-order valence-electron chi connectivity index (χ3n) is 4.57. The Morgan fingerprint density at radius 1 is 1.57 bits per heavy atom. The Morgan fingerprint density at radius 2 is 2.48 bits per heavy atom. The van der Waals surface area contributed by atoms with Gasteiger partial charge in [0.1, 0.15) is 0 Å². The number of carbonyl (C=O) groups excluding carboxylic acids is 1. The van der Waals surface area contributed by atoms with Crippen molar-refractivity contribution in [1.29, 1.82) is 0 Å². The van der Waals surface area contributed by atoms with Crippen molar-refractivity contribution < 1.29 is 14.3 Å². The summed E-state index contributed by atoms with van der Waals surface area (Å²) in [6.45, 7) is 2.24. The van der Waals surface area contributed by atoms with Crippen LogP contribution in [0.4, 0.5) is 0 Å². The smallest absolute Gasteiger partial charge is 0.220 e. The van der Waals surface area contributed by atoms with E-state index in [-0.39, 0.29) is 18.1 Å². The topological polar surface area (TPSA) is 65.4 Å². The molecular formula is C15H23N3O3. The summed E-state index contributed by atoms with van der Waals surface area (Å²) in [6, 6.07) is 2.11. The number of aryl methyl sites for hydroxylation is 1. The number of nitrogens with one attached hydrogen (secondary N) is 1. The first-order valence-electron chi connectivity index (χ1n) is 7.67. The van der Waals surface area contributed by atoms with Crippen LogP contribution in [-0.2, 0) is 20.8 Å². The Morgan fingerprint density at radius 3 is 3.24 bits per heavy atom. The first kappa shape index (κ1) is 14.5. The van der Waals surface area contributed by atoms with E-state index >= 15 is 0 Å². The van der Waals surface area contributed by atoms with Crippen LogP contribution in [0.5, 0.6) is 0 Å². The fraction of sp³-hybridized carbons (Fsp3) is 0.733. The molecule has 116 valence electrons. The molecule has 1 saturated heterocycles. The Labute approximate surface area is 124 Å². The highest BCUT2D eigenvalue weighted by Gasteiger charge is 2.54. The van der Waals surface area contributed by atoms with Crippen molar-refractivity contribution in [3.05, 3.63) is 18.5 Å². The molecule has 2 fully saturated rings. The number of methoxy groups -OCH3 is 1. The first-order chi connectivity index (χ1) is 10.3. The van der Waals surface area contributed by atoms with Crippen LogP contribution in [0.3, 0.4) is 0 Å². The van der Waals surface area contributed by atoms with Gasteiger partial charge in [0, 0.05) is 57.0 Å². The van der Waals surface area contributed by atoms with E-state index in [1.165, 1.54) is 0 Å². The number of carbonyl (C=O) groups is 1. The number of rotatable bonds is 7. The third kappa shape index (κ3) is 3.11. The number of ether oxygens (including phenoxy) is 2. The number of amides is 1. The van der Waals surface area contributed by atoms with Crippen molar-refractivity contribution in [2.45, 2.75) is 38.0 Å². The summed E-state index contributed by atoms with van der Waals surface area (Å²) in [5.41, 5.74) is 0. The Hall–Kier alpha value is -1.40. The molecule has 0 unspecified atom stereocenters. The molecule has 6 nitrogen and oxygen atoms in total. The summed E-state index contributed by atoms with van der Waals surface area (Å²) in [5.74, 6) is 0.899. The van der Waals surface area contributed by atoms with Gasteiger partial charge < -0.3 is 14.8 Å². The zero-order chi connectivity index (χ0) is 14.7. The van der Waals surface area contributed by atoms with Crippen LogP contribution in [-0.4, -0.2) is 48.2 Å². The second-order valence-electron chi connectivity index (χ2n) is 5.87. The molecule has 1 aromatic heterocycles. The van der Waals surface area contributed by atoms with E-state index in [4.69, 9.17) is 9.47 Å². The van der Waals surface area contributed by atoms with Crippen LogP contribution in [0.15, 0.2) is 18.5 Å². The molecule has 0 aromatic carbocycles. The highest BCUT2D eigenvalue weighted by molar-refractivity contribution is 5.76. The monoisotopic (exact) mass is 293 g/mol. The van der Waals surface area contributed by atoms with Gasteiger partial charge in [-0.15, -0.1) is 0 Å². The van der Waals surface area contributed by atoms with Gasteiger partial charge in [-0.05, 0) is 18.9 Å². The molecule has 1 aliphatic carbocycles. The van der Waals surface area contributed by atoms with E-state index in [2.05, 4.69) is 10.4 Å². The van der Waals surface area contributed by atoms with Crippen molar-refractivity contribution in [2.75, 3.05) is 20.3 Å². The van der Waals surface area contributed by atoms with Gasteiger partial charge in [-0.25, -0.2) is 0 Å². The van der Waals surface area contributed by atoms with Gasteiger partial charge in [-0.1, -0.05) is 0 Å². The molecule has 1 amide bonds. The van der Waals surface area contributed by atoms with E-state index in [1.54, 1.807) is 13.3 Å². The Bertz CT molecular complexity index is 463. The lowest BCUT2D eigenvalue weighted by Gasteiger charge is -2.47. The Balaban J connectivity index is 1.43. The third-order valence-corrected chi connectivity index (χ3v) is 4.57. The maximum atomic E-state index is 12.1. The standard InChI is InChI=1S/C15H23N3O3/c1-20-10-12-14(11-5-9-21-15(11)12)17-13(19)4-2-7-18-8-3-6-16-18/h3,6,8,11-12,14-15H,2,4-5,7,9-10H2,1H3,(H,17,19)/t11-,12+,14+,15-/m1/s1. The minimum atomic E-state index is 0.124. The molecule has 2 aliphatic rings. The minimum Gasteiger partial charge on any atom is -0.384 e. The van der Waals surface area contributed by atoms with E-state index in [9.17, 15) is 4.79 Å². The average Bonchev–Trinajstić information content (AvgIpc) is 3.12. The van der Waals surface area contributed by atoms with Crippen LogP contribution in [0.25, 0.3) is 0 Å². The quantitative estimate of drug-likeness (QED) is 0.808. The lowest BCUT2D eigenvalue weighted by Crippen LogP contribution is -2.62. The normalized spacial score (nSPS) is 30.7. The van der Waals surface area contributed by atoms with Gasteiger partial charge in [0.2, 0.25) is 5.91 Å². The number of aromatic nitrogens is 2. The molecule has 1 aliphatic heterocycles. The molecule has 1 saturated carbocycles. The zero-order valence-corrected chi connectivity index (χ0v) is 12.4. The van der Waals surface area contributed by atoms with E-state index < -0.39 is 0 Å². The molecule has 6 heteroatoms. The van der Waals surface area contributed by atoms with E-state index in [0.717, 1.165) is 26.0 Å². The highest BCUT2D eigenvalue weighted by atomic mass is 16.5. The predicted octanol–water partition coefficient (Wildman–Crippen LogP) is 0.829. The van der Waals surface area contributed by atoms with Crippen molar-refractivity contribution in [3.63, 3.8) is 0 Å².